The Kier molecular flexibility index (Phi) is 5.21. The van der Waals surface area contributed by atoms with Gasteiger partial charge in [0.1, 0.15) is 0 Å². The number of piperazine rings is 1. The molecule has 2 heterocycles. The fourth-order valence-electron chi connectivity index (χ4n) is 4.25. The van der Waals surface area contributed by atoms with Gasteiger partial charge in [-0.1, -0.05) is 12.8 Å². The van der Waals surface area contributed by atoms with Gasteiger partial charge in [-0.3, -0.25) is 14.5 Å². The summed E-state index contributed by atoms with van der Waals surface area (Å²) in [5, 5.41) is 9.45. The molecule has 1 aliphatic carbocycles. The van der Waals surface area contributed by atoms with Crippen molar-refractivity contribution < 1.29 is 14.7 Å². The molecule has 23 heavy (non-hydrogen) atoms. The van der Waals surface area contributed by atoms with Crippen molar-refractivity contribution in [2.24, 2.45) is 5.92 Å². The van der Waals surface area contributed by atoms with Gasteiger partial charge in [0.15, 0.2) is 0 Å². The Morgan fingerprint density at radius 1 is 1.22 bits per heavy atom. The fraction of sp³-hybridized carbons (Fsp3) is 0.882. The van der Waals surface area contributed by atoms with E-state index in [1.165, 1.54) is 12.8 Å². The molecule has 6 nitrogen and oxygen atoms in total. The predicted octanol–water partition coefficient (Wildman–Crippen LogP) is 0.303. The van der Waals surface area contributed by atoms with Crippen molar-refractivity contribution >= 4 is 11.8 Å². The summed E-state index contributed by atoms with van der Waals surface area (Å²) in [7, 11) is 0. The molecule has 3 aliphatic rings. The number of rotatable bonds is 4. The summed E-state index contributed by atoms with van der Waals surface area (Å²) in [4.78, 5) is 31.0. The number of amides is 2. The van der Waals surface area contributed by atoms with Crippen LogP contribution in [0.15, 0.2) is 0 Å². The number of aliphatic hydroxyl groups excluding tert-OH is 1. The highest BCUT2D eigenvalue weighted by molar-refractivity contribution is 5.89. The highest BCUT2D eigenvalue weighted by Crippen LogP contribution is 2.30. The fourth-order valence-corrected chi connectivity index (χ4v) is 4.25. The molecule has 1 saturated carbocycles. The molecule has 2 amide bonds. The SMILES string of the molecule is CC(O)CN1CCN(C(=O)C2CC(=O)N(C3CCCC3)C2)CC1. The second kappa shape index (κ2) is 7.18. The Morgan fingerprint density at radius 2 is 1.87 bits per heavy atom. The van der Waals surface area contributed by atoms with Crippen molar-refractivity contribution in [3.63, 3.8) is 0 Å². The number of β-amino-alcohol motifs (C(OH)–C–C–N with tert-alkyl or cyclic N) is 1. The van der Waals surface area contributed by atoms with Crippen LogP contribution in [0, 0.1) is 5.92 Å². The van der Waals surface area contributed by atoms with Gasteiger partial charge in [-0.15, -0.1) is 0 Å². The minimum Gasteiger partial charge on any atom is -0.392 e. The van der Waals surface area contributed by atoms with E-state index in [2.05, 4.69) is 4.90 Å². The van der Waals surface area contributed by atoms with Gasteiger partial charge in [-0.25, -0.2) is 0 Å². The predicted molar refractivity (Wildman–Crippen MR) is 86.8 cm³/mol. The molecular formula is C17H29N3O3. The summed E-state index contributed by atoms with van der Waals surface area (Å²) in [6.07, 6.45) is 4.68. The molecule has 0 bridgehead atoms. The number of aliphatic hydroxyl groups is 1. The zero-order valence-electron chi connectivity index (χ0n) is 14.1. The van der Waals surface area contributed by atoms with E-state index in [-0.39, 0.29) is 23.8 Å². The first-order valence-corrected chi connectivity index (χ1v) is 9.03. The van der Waals surface area contributed by atoms with Crippen molar-refractivity contribution in [1.82, 2.24) is 14.7 Å². The van der Waals surface area contributed by atoms with Gasteiger partial charge in [0.05, 0.1) is 12.0 Å². The van der Waals surface area contributed by atoms with Gasteiger partial charge in [0.25, 0.3) is 0 Å². The average Bonchev–Trinajstić information content (AvgIpc) is 3.16. The second-order valence-electron chi connectivity index (χ2n) is 7.36. The Balaban J connectivity index is 1.50. The molecule has 0 aromatic carbocycles. The number of likely N-dealkylation sites (tertiary alicyclic amines) is 1. The van der Waals surface area contributed by atoms with Crippen LogP contribution in [-0.2, 0) is 9.59 Å². The van der Waals surface area contributed by atoms with E-state index < -0.39 is 0 Å². The molecule has 3 rings (SSSR count). The van der Waals surface area contributed by atoms with E-state index in [9.17, 15) is 14.7 Å². The first-order valence-electron chi connectivity index (χ1n) is 9.03. The highest BCUT2D eigenvalue weighted by atomic mass is 16.3. The zero-order valence-corrected chi connectivity index (χ0v) is 14.1. The topological polar surface area (TPSA) is 64.1 Å². The van der Waals surface area contributed by atoms with E-state index in [4.69, 9.17) is 0 Å². The first kappa shape index (κ1) is 16.7. The Labute approximate surface area is 138 Å². The molecule has 2 saturated heterocycles. The molecule has 0 aromatic heterocycles. The maximum atomic E-state index is 12.7. The minimum atomic E-state index is -0.329. The summed E-state index contributed by atoms with van der Waals surface area (Å²) < 4.78 is 0. The van der Waals surface area contributed by atoms with Gasteiger partial charge in [0.2, 0.25) is 11.8 Å². The molecule has 0 radical (unpaired) electrons. The largest absolute Gasteiger partial charge is 0.392 e. The molecule has 3 fully saturated rings. The lowest BCUT2D eigenvalue weighted by Crippen LogP contribution is -2.51. The second-order valence-corrected chi connectivity index (χ2v) is 7.36. The lowest BCUT2D eigenvalue weighted by Gasteiger charge is -2.36. The molecule has 2 aliphatic heterocycles. The molecule has 1 N–H and O–H groups in total. The van der Waals surface area contributed by atoms with Crippen LogP contribution in [0.3, 0.4) is 0 Å². The maximum absolute atomic E-state index is 12.7. The Morgan fingerprint density at radius 3 is 2.48 bits per heavy atom. The van der Waals surface area contributed by atoms with Crippen molar-refractivity contribution in [2.45, 2.75) is 51.2 Å². The molecular weight excluding hydrogens is 294 g/mol. The summed E-state index contributed by atoms with van der Waals surface area (Å²) in [6.45, 7) is 6.11. The quantitative estimate of drug-likeness (QED) is 0.808. The standard InChI is InChI=1S/C17H29N3O3/c1-13(21)11-18-6-8-19(9-7-18)17(23)14-10-16(22)20(12-14)15-4-2-3-5-15/h13-15,21H,2-12H2,1H3. The van der Waals surface area contributed by atoms with E-state index in [1.54, 1.807) is 6.92 Å². The van der Waals surface area contributed by atoms with Crippen LogP contribution in [0.4, 0.5) is 0 Å². The van der Waals surface area contributed by atoms with Crippen LogP contribution < -0.4 is 0 Å². The van der Waals surface area contributed by atoms with Crippen LogP contribution in [0.25, 0.3) is 0 Å². The lowest BCUT2D eigenvalue weighted by molar-refractivity contribution is -0.137. The van der Waals surface area contributed by atoms with Crippen LogP contribution in [0.5, 0.6) is 0 Å². The maximum Gasteiger partial charge on any atom is 0.228 e. The van der Waals surface area contributed by atoms with Gasteiger partial charge < -0.3 is 14.9 Å². The van der Waals surface area contributed by atoms with Gasteiger partial charge in [-0.2, -0.15) is 0 Å². The normalized spacial score (nSPS) is 28.6. The first-order chi connectivity index (χ1) is 11.0. The van der Waals surface area contributed by atoms with E-state index in [0.29, 0.717) is 38.6 Å². The molecule has 0 aromatic rings. The molecule has 2 atom stereocenters. The van der Waals surface area contributed by atoms with Crippen molar-refractivity contribution in [3.8, 4) is 0 Å². The minimum absolute atomic E-state index is 0.147. The number of hydrogen-bond acceptors (Lipinski definition) is 4. The van der Waals surface area contributed by atoms with Gasteiger partial charge >= 0.3 is 0 Å². The van der Waals surface area contributed by atoms with Crippen molar-refractivity contribution in [2.75, 3.05) is 39.3 Å². The number of nitrogens with zero attached hydrogens (tertiary/aromatic N) is 3. The average molecular weight is 323 g/mol. The molecule has 130 valence electrons. The third-order valence-corrected chi connectivity index (χ3v) is 5.48. The van der Waals surface area contributed by atoms with E-state index >= 15 is 0 Å². The van der Waals surface area contributed by atoms with Crippen molar-refractivity contribution in [1.29, 1.82) is 0 Å². The van der Waals surface area contributed by atoms with E-state index in [1.807, 2.05) is 9.80 Å². The van der Waals surface area contributed by atoms with Crippen LogP contribution in [-0.4, -0.2) is 83.0 Å². The van der Waals surface area contributed by atoms with Crippen LogP contribution >= 0.6 is 0 Å². The van der Waals surface area contributed by atoms with Crippen LogP contribution in [0.2, 0.25) is 0 Å². The Bertz CT molecular complexity index is 440. The number of carbonyl (C=O) groups excluding carboxylic acids is 2. The smallest absolute Gasteiger partial charge is 0.228 e. The summed E-state index contributed by atoms with van der Waals surface area (Å²) in [6, 6.07) is 0.378. The summed E-state index contributed by atoms with van der Waals surface area (Å²) in [5.41, 5.74) is 0. The lowest BCUT2D eigenvalue weighted by atomic mass is 10.1. The van der Waals surface area contributed by atoms with Crippen molar-refractivity contribution in [3.05, 3.63) is 0 Å². The number of hydrogen-bond donors (Lipinski definition) is 1. The highest BCUT2D eigenvalue weighted by Gasteiger charge is 2.40. The summed E-state index contributed by atoms with van der Waals surface area (Å²) in [5.74, 6) is 0.171. The molecule has 0 spiro atoms. The zero-order chi connectivity index (χ0) is 16.4. The van der Waals surface area contributed by atoms with E-state index in [0.717, 1.165) is 25.9 Å². The van der Waals surface area contributed by atoms with Gasteiger partial charge in [0, 0.05) is 51.7 Å². The molecule has 6 heteroatoms. The Hall–Kier alpha value is -1.14. The summed E-state index contributed by atoms with van der Waals surface area (Å²) >= 11 is 0. The molecule has 2 unspecified atom stereocenters. The third-order valence-electron chi connectivity index (χ3n) is 5.48. The monoisotopic (exact) mass is 323 g/mol. The third kappa shape index (κ3) is 3.86. The number of carbonyl (C=O) groups is 2. The van der Waals surface area contributed by atoms with Gasteiger partial charge in [-0.05, 0) is 19.8 Å². The van der Waals surface area contributed by atoms with Crippen LogP contribution in [0.1, 0.15) is 39.0 Å².